The summed E-state index contributed by atoms with van der Waals surface area (Å²) in [5, 5.41) is 19.9. The number of rotatable bonds is 6. The van der Waals surface area contributed by atoms with Crippen LogP contribution in [0, 0.1) is 0 Å². The van der Waals surface area contributed by atoms with Gasteiger partial charge in [-0.05, 0) is 13.3 Å². The molecule has 1 amide bonds. The molecule has 14 heavy (non-hydrogen) atoms. The fraction of sp³-hybridized carbons (Fsp3) is 0.889. The Morgan fingerprint density at radius 1 is 1.64 bits per heavy atom. The lowest BCUT2D eigenvalue weighted by atomic mass is 9.91. The molecule has 0 rings (SSSR count). The molecule has 0 spiro atoms. The summed E-state index contributed by atoms with van der Waals surface area (Å²) < 4.78 is 5.25. The van der Waals surface area contributed by atoms with Crippen molar-refractivity contribution in [3.8, 4) is 0 Å². The zero-order valence-electron chi connectivity index (χ0n) is 8.91. The van der Waals surface area contributed by atoms with E-state index in [1.54, 1.807) is 6.92 Å². The number of methoxy groups -OCH3 is 1. The maximum atomic E-state index is 10.5. The van der Waals surface area contributed by atoms with Crippen LogP contribution >= 0.6 is 0 Å². The number of hydrogen-bond donors (Lipinski definition) is 3. The van der Waals surface area contributed by atoms with E-state index in [0.29, 0.717) is 6.42 Å². The Kier molecular flexibility index (Phi) is 5.49. The Bertz CT molecular complexity index is 186. The molecular weight excluding hydrogens is 186 g/mol. The highest BCUT2D eigenvalue weighted by Crippen LogP contribution is 2.21. The second-order valence-electron chi connectivity index (χ2n) is 3.45. The first-order valence-electron chi connectivity index (χ1n) is 4.65. The lowest BCUT2D eigenvalue weighted by molar-refractivity contribution is -0.0449. The Morgan fingerprint density at radius 2 is 2.21 bits per heavy atom. The molecule has 0 heterocycles. The van der Waals surface area contributed by atoms with Crippen molar-refractivity contribution in [1.29, 1.82) is 0 Å². The number of aliphatic hydroxyl groups is 1. The van der Waals surface area contributed by atoms with Crippen molar-refractivity contribution in [3.05, 3.63) is 0 Å². The van der Waals surface area contributed by atoms with Gasteiger partial charge in [-0.2, -0.15) is 0 Å². The van der Waals surface area contributed by atoms with Crippen molar-refractivity contribution in [1.82, 2.24) is 5.32 Å². The summed E-state index contributed by atoms with van der Waals surface area (Å²) in [6.07, 6.45) is 0.403. The van der Waals surface area contributed by atoms with Crippen molar-refractivity contribution >= 4 is 6.09 Å². The first-order valence-corrected chi connectivity index (χ1v) is 4.65. The first kappa shape index (κ1) is 13.2. The number of nitrogens with one attached hydrogen (secondary N) is 1. The first-order chi connectivity index (χ1) is 6.50. The number of ether oxygens (including phenoxy) is 1. The summed E-state index contributed by atoms with van der Waals surface area (Å²) in [6.45, 7) is 3.50. The second-order valence-corrected chi connectivity index (χ2v) is 3.45. The van der Waals surface area contributed by atoms with Crippen LogP contribution in [0.3, 0.4) is 0 Å². The molecule has 5 heteroatoms. The van der Waals surface area contributed by atoms with E-state index >= 15 is 0 Å². The van der Waals surface area contributed by atoms with Crippen molar-refractivity contribution < 1.29 is 19.7 Å². The number of aliphatic hydroxyl groups excluding tert-OH is 1. The Hall–Kier alpha value is -0.810. The van der Waals surface area contributed by atoms with Crippen molar-refractivity contribution in [2.75, 3.05) is 13.7 Å². The molecule has 0 unspecified atom stereocenters. The van der Waals surface area contributed by atoms with Gasteiger partial charge in [-0.3, -0.25) is 0 Å². The summed E-state index contributed by atoms with van der Waals surface area (Å²) >= 11 is 0. The largest absolute Gasteiger partial charge is 0.465 e. The molecule has 0 fully saturated rings. The normalized spacial score (nSPS) is 17.1. The zero-order valence-corrected chi connectivity index (χ0v) is 8.91. The highest BCUT2D eigenvalue weighted by molar-refractivity contribution is 5.65. The molecule has 84 valence electrons. The van der Waals surface area contributed by atoms with Crippen molar-refractivity contribution in [3.63, 3.8) is 0 Å². The lowest BCUT2D eigenvalue weighted by Gasteiger charge is -2.35. The van der Waals surface area contributed by atoms with Gasteiger partial charge < -0.3 is 20.3 Å². The Balaban J connectivity index is 4.49. The van der Waals surface area contributed by atoms with Gasteiger partial charge >= 0.3 is 6.09 Å². The molecule has 0 aliphatic heterocycles. The number of hydrogen-bond acceptors (Lipinski definition) is 3. The van der Waals surface area contributed by atoms with Gasteiger partial charge in [0.15, 0.2) is 0 Å². The van der Waals surface area contributed by atoms with Gasteiger partial charge in [0.05, 0.1) is 18.2 Å². The monoisotopic (exact) mass is 205 g/mol. The average molecular weight is 205 g/mol. The van der Waals surface area contributed by atoms with E-state index in [1.165, 1.54) is 7.11 Å². The number of carbonyl (C=O) groups is 1. The second kappa shape index (κ2) is 5.82. The summed E-state index contributed by atoms with van der Waals surface area (Å²) in [6, 6.07) is -0.593. The molecular formula is C9H19NO4. The van der Waals surface area contributed by atoms with Crippen LogP contribution in [0.2, 0.25) is 0 Å². The van der Waals surface area contributed by atoms with E-state index in [4.69, 9.17) is 14.9 Å². The smallest absolute Gasteiger partial charge is 0.405 e. The summed E-state index contributed by atoms with van der Waals surface area (Å²) in [5.41, 5.74) is -0.651. The molecule has 0 aromatic heterocycles. The molecule has 0 aliphatic rings. The molecule has 0 radical (unpaired) electrons. The van der Waals surface area contributed by atoms with E-state index in [9.17, 15) is 4.79 Å². The summed E-state index contributed by atoms with van der Waals surface area (Å²) in [4.78, 5) is 10.5. The predicted octanol–water partition coefficient (Wildman–Crippen LogP) is 0.820. The van der Waals surface area contributed by atoms with Gasteiger partial charge in [0.2, 0.25) is 0 Å². The molecule has 0 aromatic carbocycles. The molecule has 0 bridgehead atoms. The van der Waals surface area contributed by atoms with E-state index in [1.807, 2.05) is 6.92 Å². The van der Waals surface area contributed by atoms with E-state index in [0.717, 1.165) is 6.42 Å². The number of carboxylic acid groups (broad SMARTS) is 1. The third kappa shape index (κ3) is 3.51. The molecule has 5 nitrogen and oxygen atoms in total. The van der Waals surface area contributed by atoms with Crippen LogP contribution in [0.4, 0.5) is 4.79 Å². The van der Waals surface area contributed by atoms with Crippen molar-refractivity contribution in [2.24, 2.45) is 0 Å². The van der Waals surface area contributed by atoms with Gasteiger partial charge in [0.1, 0.15) is 0 Å². The van der Waals surface area contributed by atoms with Crippen molar-refractivity contribution in [2.45, 2.75) is 38.3 Å². The lowest BCUT2D eigenvalue weighted by Crippen LogP contribution is -2.53. The third-order valence-electron chi connectivity index (χ3n) is 2.43. The van der Waals surface area contributed by atoms with Crippen LogP contribution in [0.15, 0.2) is 0 Å². The standard InChI is InChI=1S/C9H19NO4/c1-4-5-9(2,14-3)7(6-11)10-8(12)13/h7,10-11H,4-6H2,1-3H3,(H,12,13)/t7-,9+/m1/s1. The topological polar surface area (TPSA) is 78.8 Å². The van der Waals surface area contributed by atoms with Crippen LogP contribution in [-0.4, -0.2) is 41.7 Å². The van der Waals surface area contributed by atoms with E-state index in [2.05, 4.69) is 5.32 Å². The predicted molar refractivity (Wildman–Crippen MR) is 52.4 cm³/mol. The Labute approximate surface area is 84.1 Å². The van der Waals surface area contributed by atoms with Gasteiger partial charge in [-0.25, -0.2) is 4.79 Å². The van der Waals surface area contributed by atoms with Crippen LogP contribution in [0.25, 0.3) is 0 Å². The third-order valence-corrected chi connectivity index (χ3v) is 2.43. The van der Waals surface area contributed by atoms with Crippen LogP contribution in [0.5, 0.6) is 0 Å². The minimum absolute atomic E-state index is 0.267. The highest BCUT2D eigenvalue weighted by Gasteiger charge is 2.34. The fourth-order valence-corrected chi connectivity index (χ4v) is 1.46. The summed E-state index contributed by atoms with van der Waals surface area (Å²) in [5.74, 6) is 0. The van der Waals surface area contributed by atoms with Crippen LogP contribution < -0.4 is 5.32 Å². The van der Waals surface area contributed by atoms with Gasteiger partial charge in [-0.15, -0.1) is 0 Å². The number of amides is 1. The highest BCUT2D eigenvalue weighted by atomic mass is 16.5. The SMILES string of the molecule is CCC[C@](C)(OC)[C@@H](CO)NC(=O)O. The van der Waals surface area contributed by atoms with E-state index < -0.39 is 17.7 Å². The molecule has 0 aromatic rings. The maximum absolute atomic E-state index is 10.5. The summed E-state index contributed by atoms with van der Waals surface area (Å²) in [7, 11) is 1.52. The molecule has 0 saturated carbocycles. The molecule has 2 atom stereocenters. The molecule has 3 N–H and O–H groups in total. The quantitative estimate of drug-likeness (QED) is 0.600. The fourth-order valence-electron chi connectivity index (χ4n) is 1.46. The van der Waals surface area contributed by atoms with Gasteiger partial charge in [0.25, 0.3) is 0 Å². The van der Waals surface area contributed by atoms with Crippen LogP contribution in [-0.2, 0) is 4.74 Å². The average Bonchev–Trinajstić information content (AvgIpc) is 2.14. The molecule has 0 aliphatic carbocycles. The van der Waals surface area contributed by atoms with Gasteiger partial charge in [-0.1, -0.05) is 13.3 Å². The maximum Gasteiger partial charge on any atom is 0.405 e. The molecule has 0 saturated heterocycles. The van der Waals surface area contributed by atoms with Gasteiger partial charge in [0, 0.05) is 7.11 Å². The van der Waals surface area contributed by atoms with E-state index in [-0.39, 0.29) is 6.61 Å². The van der Waals surface area contributed by atoms with Crippen LogP contribution in [0.1, 0.15) is 26.7 Å². The zero-order chi connectivity index (χ0) is 11.2. The minimum Gasteiger partial charge on any atom is -0.465 e. The minimum atomic E-state index is -1.15. The Morgan fingerprint density at radius 3 is 2.50 bits per heavy atom.